The second-order valence-electron chi connectivity index (χ2n) is 3.21. The van der Waals surface area contributed by atoms with E-state index >= 15 is 0 Å². The van der Waals surface area contributed by atoms with E-state index in [-0.39, 0.29) is 6.23 Å². The first-order valence-corrected chi connectivity index (χ1v) is 5.06. The SMILES string of the molecule is CC(O)N(C)C.CCN(CC)CC. The molecule has 1 unspecified atom stereocenters. The van der Waals surface area contributed by atoms with Crippen molar-refractivity contribution in [2.24, 2.45) is 0 Å². The quantitative estimate of drug-likeness (QED) is 0.676. The van der Waals surface area contributed by atoms with Gasteiger partial charge >= 0.3 is 0 Å². The highest BCUT2D eigenvalue weighted by Crippen LogP contribution is 1.81. The highest BCUT2D eigenvalue weighted by atomic mass is 16.3. The van der Waals surface area contributed by atoms with Crippen LogP contribution in [-0.2, 0) is 0 Å². The molecule has 0 amide bonds. The van der Waals surface area contributed by atoms with Gasteiger partial charge in [0.1, 0.15) is 6.23 Å². The average molecular weight is 190 g/mol. The molecular weight excluding hydrogens is 164 g/mol. The van der Waals surface area contributed by atoms with Crippen LogP contribution in [0.3, 0.4) is 0 Å². The van der Waals surface area contributed by atoms with Crippen molar-refractivity contribution in [3.8, 4) is 0 Å². The van der Waals surface area contributed by atoms with E-state index in [1.165, 1.54) is 19.6 Å². The lowest BCUT2D eigenvalue weighted by Gasteiger charge is -2.13. The van der Waals surface area contributed by atoms with Crippen molar-refractivity contribution < 1.29 is 5.11 Å². The molecule has 0 aliphatic carbocycles. The van der Waals surface area contributed by atoms with E-state index in [1.54, 1.807) is 11.8 Å². The summed E-state index contributed by atoms with van der Waals surface area (Å²) in [5, 5.41) is 8.56. The molecule has 0 aromatic heterocycles. The molecule has 1 N–H and O–H groups in total. The maximum absolute atomic E-state index is 8.56. The number of rotatable bonds is 4. The van der Waals surface area contributed by atoms with Gasteiger partial charge in [0, 0.05) is 0 Å². The largest absolute Gasteiger partial charge is 0.379 e. The number of nitrogens with zero attached hydrogens (tertiary/aromatic N) is 2. The normalized spacial score (nSPS) is 12.7. The van der Waals surface area contributed by atoms with E-state index in [1.807, 2.05) is 14.1 Å². The van der Waals surface area contributed by atoms with E-state index in [0.717, 1.165) is 0 Å². The Morgan fingerprint density at radius 1 is 1.00 bits per heavy atom. The van der Waals surface area contributed by atoms with Crippen molar-refractivity contribution in [1.29, 1.82) is 0 Å². The monoisotopic (exact) mass is 190 g/mol. The molecular formula is C10H26N2O. The lowest BCUT2D eigenvalue weighted by Crippen LogP contribution is -2.23. The third-order valence-corrected chi connectivity index (χ3v) is 2.09. The van der Waals surface area contributed by atoms with Crippen LogP contribution in [0.4, 0.5) is 0 Å². The molecule has 0 aliphatic heterocycles. The first kappa shape index (κ1) is 15.4. The predicted octanol–water partition coefficient (Wildman–Crippen LogP) is 1.23. The second kappa shape index (κ2) is 9.96. The molecule has 1 atom stereocenters. The summed E-state index contributed by atoms with van der Waals surface area (Å²) in [4.78, 5) is 4.10. The van der Waals surface area contributed by atoms with Crippen LogP contribution in [0.15, 0.2) is 0 Å². The summed E-state index contributed by atoms with van der Waals surface area (Å²) in [5.41, 5.74) is 0. The van der Waals surface area contributed by atoms with Crippen LogP contribution in [0.1, 0.15) is 27.7 Å². The van der Waals surface area contributed by atoms with Crippen molar-refractivity contribution in [1.82, 2.24) is 9.80 Å². The minimum Gasteiger partial charge on any atom is -0.379 e. The Kier molecular flexibility index (Phi) is 11.8. The summed E-state index contributed by atoms with van der Waals surface area (Å²) >= 11 is 0. The fraction of sp³-hybridized carbons (Fsp3) is 1.00. The molecule has 13 heavy (non-hydrogen) atoms. The topological polar surface area (TPSA) is 26.7 Å². The van der Waals surface area contributed by atoms with Gasteiger partial charge in [-0.05, 0) is 40.7 Å². The molecule has 0 radical (unpaired) electrons. The maximum atomic E-state index is 8.56. The van der Waals surface area contributed by atoms with Crippen LogP contribution in [-0.4, -0.2) is 54.9 Å². The van der Waals surface area contributed by atoms with Gasteiger partial charge in [-0.1, -0.05) is 20.8 Å². The molecule has 0 saturated carbocycles. The Balaban J connectivity index is 0. The third kappa shape index (κ3) is 11.9. The van der Waals surface area contributed by atoms with Crippen molar-refractivity contribution in [2.45, 2.75) is 33.9 Å². The molecule has 0 heterocycles. The summed E-state index contributed by atoms with van der Waals surface area (Å²) in [6, 6.07) is 0. The van der Waals surface area contributed by atoms with Crippen LogP contribution < -0.4 is 0 Å². The van der Waals surface area contributed by atoms with Crippen molar-refractivity contribution >= 4 is 0 Å². The minimum absolute atomic E-state index is 0.315. The van der Waals surface area contributed by atoms with Gasteiger partial charge in [-0.25, -0.2) is 0 Å². The molecule has 0 bridgehead atoms. The first-order valence-electron chi connectivity index (χ1n) is 5.06. The van der Waals surface area contributed by atoms with Crippen LogP contribution in [0, 0.1) is 0 Å². The van der Waals surface area contributed by atoms with Gasteiger partial charge in [0.25, 0.3) is 0 Å². The summed E-state index contributed by atoms with van der Waals surface area (Å²) in [7, 11) is 3.65. The number of aliphatic hydroxyl groups is 1. The van der Waals surface area contributed by atoms with E-state index in [4.69, 9.17) is 5.11 Å². The van der Waals surface area contributed by atoms with Gasteiger partial charge < -0.3 is 10.0 Å². The van der Waals surface area contributed by atoms with Gasteiger partial charge in [-0.15, -0.1) is 0 Å². The molecule has 0 aliphatic rings. The van der Waals surface area contributed by atoms with E-state index in [0.29, 0.717) is 0 Å². The fourth-order valence-electron chi connectivity index (χ4n) is 0.671. The van der Waals surface area contributed by atoms with Crippen molar-refractivity contribution in [2.75, 3.05) is 33.7 Å². The van der Waals surface area contributed by atoms with E-state index in [2.05, 4.69) is 25.7 Å². The van der Waals surface area contributed by atoms with Crippen LogP contribution in [0.25, 0.3) is 0 Å². The predicted molar refractivity (Wildman–Crippen MR) is 58.8 cm³/mol. The number of aliphatic hydroxyl groups excluding tert-OH is 1. The van der Waals surface area contributed by atoms with Gasteiger partial charge in [0.2, 0.25) is 0 Å². The fourth-order valence-corrected chi connectivity index (χ4v) is 0.671. The zero-order valence-electron chi connectivity index (χ0n) is 10.0. The Bertz CT molecular complexity index is 79.4. The highest BCUT2D eigenvalue weighted by molar-refractivity contribution is 4.43. The van der Waals surface area contributed by atoms with Crippen LogP contribution in [0.2, 0.25) is 0 Å². The van der Waals surface area contributed by atoms with Crippen LogP contribution in [0.5, 0.6) is 0 Å². The summed E-state index contributed by atoms with van der Waals surface area (Å²) in [6.45, 7) is 11.8. The summed E-state index contributed by atoms with van der Waals surface area (Å²) in [5.74, 6) is 0. The van der Waals surface area contributed by atoms with Gasteiger partial charge in [0.05, 0.1) is 0 Å². The number of hydrogen-bond acceptors (Lipinski definition) is 3. The minimum atomic E-state index is -0.315. The average Bonchev–Trinajstić information content (AvgIpc) is 2.08. The lowest BCUT2D eigenvalue weighted by molar-refractivity contribution is 0.0578. The Hall–Kier alpha value is -0.120. The van der Waals surface area contributed by atoms with Crippen molar-refractivity contribution in [3.63, 3.8) is 0 Å². The lowest BCUT2D eigenvalue weighted by atomic mass is 10.5. The zero-order chi connectivity index (χ0) is 10.9. The Morgan fingerprint density at radius 3 is 1.23 bits per heavy atom. The second-order valence-corrected chi connectivity index (χ2v) is 3.21. The smallest absolute Gasteiger partial charge is 0.104 e. The highest BCUT2D eigenvalue weighted by Gasteiger charge is 1.92. The summed E-state index contributed by atoms with van der Waals surface area (Å²) in [6.07, 6.45) is -0.315. The van der Waals surface area contributed by atoms with Gasteiger partial charge in [-0.2, -0.15) is 0 Å². The number of hydrogen-bond donors (Lipinski definition) is 1. The zero-order valence-corrected chi connectivity index (χ0v) is 10.0. The van der Waals surface area contributed by atoms with E-state index in [9.17, 15) is 0 Å². The van der Waals surface area contributed by atoms with Crippen molar-refractivity contribution in [3.05, 3.63) is 0 Å². The standard InChI is InChI=1S/C6H15N.C4H11NO/c1-4-7(5-2)6-3;1-4(6)5(2)3/h4-6H2,1-3H3;4,6H,1-3H3. The molecule has 82 valence electrons. The first-order chi connectivity index (χ1) is 5.99. The molecule has 3 heteroatoms. The molecule has 0 rings (SSSR count). The van der Waals surface area contributed by atoms with Gasteiger partial charge in [-0.3, -0.25) is 4.90 Å². The molecule has 0 spiro atoms. The Labute approximate surface area is 83.3 Å². The van der Waals surface area contributed by atoms with Gasteiger partial charge in [0.15, 0.2) is 0 Å². The van der Waals surface area contributed by atoms with E-state index < -0.39 is 0 Å². The Morgan fingerprint density at radius 2 is 1.23 bits per heavy atom. The molecule has 0 saturated heterocycles. The molecule has 3 nitrogen and oxygen atoms in total. The molecule has 0 aromatic rings. The molecule has 0 fully saturated rings. The van der Waals surface area contributed by atoms with Crippen LogP contribution >= 0.6 is 0 Å². The maximum Gasteiger partial charge on any atom is 0.104 e. The molecule has 0 aromatic carbocycles. The third-order valence-electron chi connectivity index (χ3n) is 2.09. The summed E-state index contributed by atoms with van der Waals surface area (Å²) < 4.78 is 0.